The van der Waals surface area contributed by atoms with Crippen LogP contribution in [0.1, 0.15) is 12.0 Å². The van der Waals surface area contributed by atoms with E-state index in [0.29, 0.717) is 22.9 Å². The molecule has 0 saturated carbocycles. The van der Waals surface area contributed by atoms with E-state index < -0.39 is 9.84 Å². The first kappa shape index (κ1) is 18.7. The largest absolute Gasteiger partial charge is 0.356 e. The van der Waals surface area contributed by atoms with Crippen LogP contribution < -0.4 is 10.2 Å². The van der Waals surface area contributed by atoms with Crippen molar-refractivity contribution in [3.05, 3.63) is 53.2 Å². The van der Waals surface area contributed by atoms with Crippen molar-refractivity contribution in [1.82, 2.24) is 4.98 Å². The molecule has 8 heteroatoms. The van der Waals surface area contributed by atoms with Crippen LogP contribution in [0.2, 0.25) is 5.02 Å². The molecule has 2 aromatic rings. The van der Waals surface area contributed by atoms with Gasteiger partial charge in [0.1, 0.15) is 5.82 Å². The standard InChI is InChI=1S/C18H20ClN3O3S/c1-22(16-8-9-26(24,25)12-16)17-7-6-15(11-20-17)21-18(23)10-13-2-4-14(19)5-3-13/h2-7,11,16H,8-10,12H2,1H3,(H,21,23). The molecule has 1 N–H and O–H groups in total. The highest BCUT2D eigenvalue weighted by Crippen LogP contribution is 2.22. The predicted octanol–water partition coefficient (Wildman–Crippen LogP) is 2.54. The average Bonchev–Trinajstić information content (AvgIpc) is 2.97. The molecule has 1 unspecified atom stereocenters. The van der Waals surface area contributed by atoms with E-state index in [-0.39, 0.29) is 29.9 Å². The van der Waals surface area contributed by atoms with Crippen LogP contribution in [0, 0.1) is 0 Å². The summed E-state index contributed by atoms with van der Waals surface area (Å²) in [6, 6.07) is 10.6. The minimum Gasteiger partial charge on any atom is -0.356 e. The van der Waals surface area contributed by atoms with Gasteiger partial charge in [0.15, 0.2) is 9.84 Å². The molecule has 0 aliphatic carbocycles. The van der Waals surface area contributed by atoms with Crippen LogP contribution in [0.15, 0.2) is 42.6 Å². The summed E-state index contributed by atoms with van der Waals surface area (Å²) >= 11 is 5.83. The summed E-state index contributed by atoms with van der Waals surface area (Å²) in [4.78, 5) is 18.3. The van der Waals surface area contributed by atoms with Gasteiger partial charge in [-0.1, -0.05) is 23.7 Å². The van der Waals surface area contributed by atoms with Crippen molar-refractivity contribution >= 4 is 38.9 Å². The highest BCUT2D eigenvalue weighted by atomic mass is 35.5. The minimum absolute atomic E-state index is 0.0576. The normalized spacial score (nSPS) is 18.5. The van der Waals surface area contributed by atoms with Crippen molar-refractivity contribution in [3.8, 4) is 0 Å². The van der Waals surface area contributed by atoms with E-state index in [4.69, 9.17) is 11.6 Å². The van der Waals surface area contributed by atoms with Gasteiger partial charge in [-0.2, -0.15) is 0 Å². The van der Waals surface area contributed by atoms with E-state index in [1.165, 1.54) is 0 Å². The van der Waals surface area contributed by atoms with E-state index in [1.807, 2.05) is 24.1 Å². The number of rotatable bonds is 5. The van der Waals surface area contributed by atoms with Gasteiger partial charge in [0.25, 0.3) is 0 Å². The van der Waals surface area contributed by atoms with E-state index in [2.05, 4.69) is 10.3 Å². The number of anilines is 2. The third kappa shape index (κ3) is 4.74. The Balaban J connectivity index is 1.58. The molecule has 1 fully saturated rings. The van der Waals surface area contributed by atoms with Crippen LogP contribution in [0.3, 0.4) is 0 Å². The van der Waals surface area contributed by atoms with E-state index in [9.17, 15) is 13.2 Å². The second-order valence-corrected chi connectivity index (χ2v) is 9.09. The quantitative estimate of drug-likeness (QED) is 0.844. The molecule has 138 valence electrons. The Morgan fingerprint density at radius 1 is 1.27 bits per heavy atom. The van der Waals surface area contributed by atoms with Gasteiger partial charge in [-0.25, -0.2) is 13.4 Å². The Kier molecular flexibility index (Phi) is 5.48. The van der Waals surface area contributed by atoms with Gasteiger partial charge in [-0.3, -0.25) is 4.79 Å². The molecule has 1 aliphatic heterocycles. The first-order valence-electron chi connectivity index (χ1n) is 8.26. The Morgan fingerprint density at radius 2 is 2.00 bits per heavy atom. The average molecular weight is 394 g/mol. The molecule has 26 heavy (non-hydrogen) atoms. The number of amides is 1. The Bertz CT molecular complexity index is 883. The first-order chi connectivity index (χ1) is 12.3. The summed E-state index contributed by atoms with van der Waals surface area (Å²) in [7, 11) is -1.10. The summed E-state index contributed by atoms with van der Waals surface area (Å²) < 4.78 is 23.2. The molecule has 3 rings (SSSR count). The molecular formula is C18H20ClN3O3S. The number of hydrogen-bond donors (Lipinski definition) is 1. The summed E-state index contributed by atoms with van der Waals surface area (Å²) in [5.41, 5.74) is 1.47. The molecule has 6 nitrogen and oxygen atoms in total. The number of benzene rings is 1. The van der Waals surface area contributed by atoms with Crippen LogP contribution in [0.25, 0.3) is 0 Å². The summed E-state index contributed by atoms with van der Waals surface area (Å²) in [5, 5.41) is 3.44. The number of carbonyl (C=O) groups is 1. The third-order valence-electron chi connectivity index (χ3n) is 4.43. The van der Waals surface area contributed by atoms with Crippen LogP contribution in [0.5, 0.6) is 0 Å². The second-order valence-electron chi connectivity index (χ2n) is 6.42. The van der Waals surface area contributed by atoms with Gasteiger partial charge < -0.3 is 10.2 Å². The number of halogens is 1. The van der Waals surface area contributed by atoms with Crippen LogP contribution in [-0.4, -0.2) is 43.9 Å². The van der Waals surface area contributed by atoms with E-state index in [1.54, 1.807) is 30.5 Å². The van der Waals surface area contributed by atoms with Gasteiger partial charge in [-0.15, -0.1) is 0 Å². The highest BCUT2D eigenvalue weighted by molar-refractivity contribution is 7.91. The van der Waals surface area contributed by atoms with Crippen LogP contribution in [0.4, 0.5) is 11.5 Å². The summed E-state index contributed by atoms with van der Waals surface area (Å²) in [6.07, 6.45) is 2.44. The molecule has 1 aromatic carbocycles. The molecular weight excluding hydrogens is 374 g/mol. The minimum atomic E-state index is -2.94. The highest BCUT2D eigenvalue weighted by Gasteiger charge is 2.31. The molecule has 1 aromatic heterocycles. The molecule has 0 bridgehead atoms. The van der Waals surface area contributed by atoms with Crippen molar-refractivity contribution in [3.63, 3.8) is 0 Å². The SMILES string of the molecule is CN(c1ccc(NC(=O)Cc2ccc(Cl)cc2)cn1)C1CCS(=O)(=O)C1. The van der Waals surface area contributed by atoms with Crippen molar-refractivity contribution in [2.24, 2.45) is 0 Å². The number of nitrogens with one attached hydrogen (secondary N) is 1. The zero-order valence-corrected chi connectivity index (χ0v) is 15.9. The zero-order valence-electron chi connectivity index (χ0n) is 14.4. The van der Waals surface area contributed by atoms with Crippen LogP contribution >= 0.6 is 11.6 Å². The van der Waals surface area contributed by atoms with Gasteiger partial charge in [0.05, 0.1) is 29.8 Å². The molecule has 1 saturated heterocycles. The lowest BCUT2D eigenvalue weighted by molar-refractivity contribution is -0.115. The van der Waals surface area contributed by atoms with Crippen molar-refractivity contribution in [2.75, 3.05) is 28.8 Å². The van der Waals surface area contributed by atoms with Gasteiger partial charge in [-0.05, 0) is 36.2 Å². The number of sulfone groups is 1. The third-order valence-corrected chi connectivity index (χ3v) is 6.43. The fraction of sp³-hybridized carbons (Fsp3) is 0.333. The lowest BCUT2D eigenvalue weighted by Crippen LogP contribution is -2.33. The Morgan fingerprint density at radius 3 is 2.58 bits per heavy atom. The van der Waals surface area contributed by atoms with E-state index in [0.717, 1.165) is 5.56 Å². The van der Waals surface area contributed by atoms with Crippen molar-refractivity contribution in [1.29, 1.82) is 0 Å². The second kappa shape index (κ2) is 7.63. The van der Waals surface area contributed by atoms with Gasteiger partial charge in [0.2, 0.25) is 5.91 Å². The number of aromatic nitrogens is 1. The zero-order chi connectivity index (χ0) is 18.7. The molecule has 1 atom stereocenters. The maximum Gasteiger partial charge on any atom is 0.228 e. The fourth-order valence-electron chi connectivity index (χ4n) is 2.93. The predicted molar refractivity (Wildman–Crippen MR) is 103 cm³/mol. The molecule has 1 amide bonds. The fourth-order valence-corrected chi connectivity index (χ4v) is 4.83. The summed E-state index contributed by atoms with van der Waals surface area (Å²) in [5.74, 6) is 0.922. The van der Waals surface area contributed by atoms with Crippen molar-refractivity contribution in [2.45, 2.75) is 18.9 Å². The maximum atomic E-state index is 12.1. The lowest BCUT2D eigenvalue weighted by Gasteiger charge is -2.24. The number of carbonyl (C=O) groups excluding carboxylic acids is 1. The Hall–Kier alpha value is -2.12. The Labute approximate surface area is 158 Å². The maximum absolute atomic E-state index is 12.1. The molecule has 2 heterocycles. The monoisotopic (exact) mass is 393 g/mol. The lowest BCUT2D eigenvalue weighted by atomic mass is 10.1. The number of hydrogen-bond acceptors (Lipinski definition) is 5. The number of pyridine rings is 1. The molecule has 0 spiro atoms. The number of nitrogens with zero attached hydrogens (tertiary/aromatic N) is 2. The van der Waals surface area contributed by atoms with Gasteiger partial charge >= 0.3 is 0 Å². The van der Waals surface area contributed by atoms with Crippen molar-refractivity contribution < 1.29 is 13.2 Å². The topological polar surface area (TPSA) is 79.4 Å². The summed E-state index contributed by atoms with van der Waals surface area (Å²) in [6.45, 7) is 0. The van der Waals surface area contributed by atoms with E-state index >= 15 is 0 Å². The van der Waals surface area contributed by atoms with Gasteiger partial charge in [0, 0.05) is 18.1 Å². The van der Waals surface area contributed by atoms with Crippen LogP contribution in [-0.2, 0) is 21.1 Å². The first-order valence-corrected chi connectivity index (χ1v) is 10.5. The molecule has 1 aliphatic rings. The smallest absolute Gasteiger partial charge is 0.228 e. The molecule has 0 radical (unpaired) electrons.